The Kier molecular flexibility index (Phi) is 4.07. The van der Waals surface area contributed by atoms with E-state index >= 15 is 0 Å². The van der Waals surface area contributed by atoms with E-state index in [9.17, 15) is 0 Å². The molecule has 2 aliphatic rings. The van der Waals surface area contributed by atoms with Crippen molar-refractivity contribution >= 4 is 16.6 Å². The lowest BCUT2D eigenvalue weighted by atomic mass is 10.1. The van der Waals surface area contributed by atoms with Gasteiger partial charge in [0.05, 0.1) is 24.8 Å². The number of aromatic nitrogens is 1. The van der Waals surface area contributed by atoms with Gasteiger partial charge in [0.2, 0.25) is 0 Å². The molecule has 0 spiro atoms. The fourth-order valence-electron chi connectivity index (χ4n) is 3.84. The molecule has 1 N–H and O–H groups in total. The molecule has 0 unspecified atom stereocenters. The second-order valence-corrected chi connectivity index (χ2v) is 7.28. The fraction of sp³-hybridized carbons (Fsp3) is 0.318. The van der Waals surface area contributed by atoms with E-state index in [-0.39, 0.29) is 0 Å². The highest BCUT2D eigenvalue weighted by atomic mass is 16.5. The van der Waals surface area contributed by atoms with Gasteiger partial charge in [0.15, 0.2) is 0 Å². The van der Waals surface area contributed by atoms with Crippen molar-refractivity contribution < 1.29 is 4.74 Å². The predicted molar refractivity (Wildman–Crippen MR) is 104 cm³/mol. The molecule has 4 heteroatoms. The first-order chi connectivity index (χ1) is 12.8. The molecule has 2 aliphatic heterocycles. The Hall–Kier alpha value is -2.43. The summed E-state index contributed by atoms with van der Waals surface area (Å²) in [7, 11) is 0. The highest BCUT2D eigenvalue weighted by molar-refractivity contribution is 5.78. The standard InChI is InChI=1S/C22H23N3O/c1-2-6-21-16(4-1)8-9-18(23-21)10-11-25-12-17-5-3-7-22(20(17)13-25)24-19-14-26-15-19/h1-9,19,24H,10-15H2. The van der Waals surface area contributed by atoms with E-state index in [2.05, 4.69) is 64.8 Å². The molecule has 0 amide bonds. The lowest BCUT2D eigenvalue weighted by Crippen LogP contribution is -2.40. The van der Waals surface area contributed by atoms with Gasteiger partial charge in [-0.2, -0.15) is 0 Å². The van der Waals surface area contributed by atoms with E-state index in [1.165, 1.54) is 27.9 Å². The molecule has 3 heterocycles. The average molecular weight is 345 g/mol. The number of nitrogens with zero attached hydrogens (tertiary/aromatic N) is 2. The molecule has 2 aromatic carbocycles. The van der Waals surface area contributed by atoms with E-state index in [4.69, 9.17) is 9.72 Å². The number of hydrogen-bond acceptors (Lipinski definition) is 4. The minimum absolute atomic E-state index is 0.470. The summed E-state index contributed by atoms with van der Waals surface area (Å²) in [4.78, 5) is 7.33. The lowest BCUT2D eigenvalue weighted by molar-refractivity contribution is 0.0210. The third-order valence-electron chi connectivity index (χ3n) is 5.39. The van der Waals surface area contributed by atoms with Crippen LogP contribution >= 0.6 is 0 Å². The van der Waals surface area contributed by atoms with Crippen molar-refractivity contribution in [3.05, 3.63) is 71.4 Å². The molecule has 0 saturated carbocycles. The van der Waals surface area contributed by atoms with Crippen LogP contribution in [0.25, 0.3) is 10.9 Å². The molecule has 26 heavy (non-hydrogen) atoms. The summed E-state index contributed by atoms with van der Waals surface area (Å²) < 4.78 is 5.29. The van der Waals surface area contributed by atoms with Gasteiger partial charge in [0.25, 0.3) is 0 Å². The van der Waals surface area contributed by atoms with Crippen molar-refractivity contribution in [3.8, 4) is 0 Å². The molecule has 0 radical (unpaired) electrons. The third kappa shape index (κ3) is 3.06. The Morgan fingerprint density at radius 3 is 2.81 bits per heavy atom. The zero-order valence-electron chi connectivity index (χ0n) is 14.8. The zero-order chi connectivity index (χ0) is 17.3. The van der Waals surface area contributed by atoms with Crippen molar-refractivity contribution in [1.82, 2.24) is 9.88 Å². The maximum absolute atomic E-state index is 5.29. The van der Waals surface area contributed by atoms with Gasteiger partial charge >= 0.3 is 0 Å². The Morgan fingerprint density at radius 1 is 1.00 bits per heavy atom. The van der Waals surface area contributed by atoms with Gasteiger partial charge < -0.3 is 10.1 Å². The van der Waals surface area contributed by atoms with Gasteiger partial charge in [-0.1, -0.05) is 36.4 Å². The third-order valence-corrected chi connectivity index (χ3v) is 5.39. The number of fused-ring (bicyclic) bond motifs is 2. The van der Waals surface area contributed by atoms with E-state index in [0.717, 1.165) is 44.8 Å². The smallest absolute Gasteiger partial charge is 0.0728 e. The topological polar surface area (TPSA) is 37.4 Å². The highest BCUT2D eigenvalue weighted by Crippen LogP contribution is 2.30. The minimum Gasteiger partial charge on any atom is -0.377 e. The van der Waals surface area contributed by atoms with Gasteiger partial charge in [-0.25, -0.2) is 0 Å². The first kappa shape index (κ1) is 15.8. The number of pyridine rings is 1. The Morgan fingerprint density at radius 2 is 1.92 bits per heavy atom. The van der Waals surface area contributed by atoms with Crippen LogP contribution in [0.1, 0.15) is 16.8 Å². The van der Waals surface area contributed by atoms with Crippen molar-refractivity contribution in [2.24, 2.45) is 0 Å². The number of rotatable bonds is 5. The first-order valence-electron chi connectivity index (χ1n) is 9.37. The molecule has 5 rings (SSSR count). The molecule has 1 saturated heterocycles. The summed E-state index contributed by atoms with van der Waals surface area (Å²) in [5, 5.41) is 4.84. The summed E-state index contributed by atoms with van der Waals surface area (Å²) in [6.45, 7) is 4.72. The molecule has 0 bridgehead atoms. The average Bonchev–Trinajstić information content (AvgIpc) is 3.06. The van der Waals surface area contributed by atoms with Crippen molar-refractivity contribution in [2.75, 3.05) is 25.1 Å². The number of para-hydroxylation sites is 1. The molecule has 132 valence electrons. The van der Waals surface area contributed by atoms with Crippen LogP contribution in [0.4, 0.5) is 5.69 Å². The second-order valence-electron chi connectivity index (χ2n) is 7.28. The Labute approximate surface area is 153 Å². The van der Waals surface area contributed by atoms with Crippen LogP contribution in [-0.2, 0) is 24.2 Å². The molecule has 0 atom stereocenters. The number of hydrogen-bond donors (Lipinski definition) is 1. The first-order valence-corrected chi connectivity index (χ1v) is 9.37. The van der Waals surface area contributed by atoms with Crippen molar-refractivity contribution in [1.29, 1.82) is 0 Å². The van der Waals surface area contributed by atoms with E-state index < -0.39 is 0 Å². The van der Waals surface area contributed by atoms with Crippen LogP contribution in [0, 0.1) is 0 Å². The number of anilines is 1. The summed E-state index contributed by atoms with van der Waals surface area (Å²) in [5.41, 5.74) is 6.43. The van der Waals surface area contributed by atoms with Gasteiger partial charge in [-0.05, 0) is 29.3 Å². The second kappa shape index (κ2) is 6.71. The largest absolute Gasteiger partial charge is 0.377 e. The molecular weight excluding hydrogens is 322 g/mol. The number of ether oxygens (including phenoxy) is 1. The van der Waals surface area contributed by atoms with Crippen LogP contribution < -0.4 is 5.32 Å². The van der Waals surface area contributed by atoms with Crippen LogP contribution in [0.5, 0.6) is 0 Å². The zero-order valence-corrected chi connectivity index (χ0v) is 14.8. The van der Waals surface area contributed by atoms with Crippen LogP contribution in [0.3, 0.4) is 0 Å². The monoisotopic (exact) mass is 345 g/mol. The SMILES string of the molecule is c1cc2c(c(NC3COC3)c1)CN(CCc1ccc3ccccc3n1)C2. The Bertz CT molecular complexity index is 936. The molecule has 1 aromatic heterocycles. The predicted octanol–water partition coefficient (Wildman–Crippen LogP) is 3.60. The van der Waals surface area contributed by atoms with Crippen LogP contribution in [-0.4, -0.2) is 35.7 Å². The van der Waals surface area contributed by atoms with Crippen LogP contribution in [0.15, 0.2) is 54.6 Å². The summed E-state index contributed by atoms with van der Waals surface area (Å²) >= 11 is 0. The highest BCUT2D eigenvalue weighted by Gasteiger charge is 2.24. The Balaban J connectivity index is 1.26. The summed E-state index contributed by atoms with van der Waals surface area (Å²) in [5.74, 6) is 0. The quantitative estimate of drug-likeness (QED) is 0.767. The normalized spacial score (nSPS) is 17.2. The summed E-state index contributed by atoms with van der Waals surface area (Å²) in [6, 6.07) is 19.8. The number of nitrogens with one attached hydrogen (secondary N) is 1. The van der Waals surface area contributed by atoms with Gasteiger partial charge in [0, 0.05) is 42.8 Å². The van der Waals surface area contributed by atoms with E-state index in [1.54, 1.807) is 0 Å². The van der Waals surface area contributed by atoms with Gasteiger partial charge in [-0.3, -0.25) is 9.88 Å². The van der Waals surface area contributed by atoms with E-state index in [0.29, 0.717) is 6.04 Å². The molecular formula is C22H23N3O. The maximum Gasteiger partial charge on any atom is 0.0728 e. The fourth-order valence-corrected chi connectivity index (χ4v) is 3.84. The summed E-state index contributed by atoms with van der Waals surface area (Å²) in [6.07, 6.45) is 0.984. The maximum atomic E-state index is 5.29. The molecule has 1 fully saturated rings. The van der Waals surface area contributed by atoms with Crippen molar-refractivity contribution in [3.63, 3.8) is 0 Å². The van der Waals surface area contributed by atoms with Crippen LogP contribution in [0.2, 0.25) is 0 Å². The van der Waals surface area contributed by atoms with Gasteiger partial charge in [0.1, 0.15) is 0 Å². The molecule has 3 aromatic rings. The van der Waals surface area contributed by atoms with E-state index in [1.807, 2.05) is 0 Å². The van der Waals surface area contributed by atoms with Crippen molar-refractivity contribution in [2.45, 2.75) is 25.6 Å². The van der Waals surface area contributed by atoms with Gasteiger partial charge in [-0.15, -0.1) is 0 Å². The minimum atomic E-state index is 0.470. The molecule has 4 nitrogen and oxygen atoms in total. The lowest BCUT2D eigenvalue weighted by Gasteiger charge is -2.28. The number of benzene rings is 2. The molecule has 0 aliphatic carbocycles.